The van der Waals surface area contributed by atoms with Crippen LogP contribution in [-0.4, -0.2) is 49.0 Å². The summed E-state index contributed by atoms with van der Waals surface area (Å²) >= 11 is 0. The van der Waals surface area contributed by atoms with Gasteiger partial charge in [0.2, 0.25) is 0 Å². The molecule has 2 aromatic carbocycles. The van der Waals surface area contributed by atoms with Gasteiger partial charge in [0.05, 0.1) is 18.9 Å². The lowest BCUT2D eigenvalue weighted by molar-refractivity contribution is -0.270. The predicted molar refractivity (Wildman–Crippen MR) is 112 cm³/mol. The van der Waals surface area contributed by atoms with Crippen molar-refractivity contribution in [2.45, 2.75) is 26.1 Å². The maximum atomic E-state index is 12.9. The summed E-state index contributed by atoms with van der Waals surface area (Å²) in [7, 11) is 0. The number of carboxylic acids is 1. The van der Waals surface area contributed by atoms with Crippen LogP contribution in [0, 0.1) is 11.7 Å². The van der Waals surface area contributed by atoms with Gasteiger partial charge in [-0.2, -0.15) is 0 Å². The molecular formula is C23H26FNO6. The van der Waals surface area contributed by atoms with E-state index in [2.05, 4.69) is 5.16 Å². The minimum atomic E-state index is -1.56. The molecule has 166 valence electrons. The predicted octanol–water partition coefficient (Wildman–Crippen LogP) is 3.65. The quantitative estimate of drug-likeness (QED) is 0.371. The molecule has 0 aliphatic carbocycles. The Bertz CT molecular complexity index is 889. The van der Waals surface area contributed by atoms with E-state index in [1.54, 1.807) is 19.1 Å². The van der Waals surface area contributed by atoms with E-state index in [9.17, 15) is 9.18 Å². The molecule has 0 amide bonds. The first-order valence-electron chi connectivity index (χ1n) is 10.0. The lowest BCUT2D eigenvalue weighted by atomic mass is 9.99. The number of ether oxygens (including phenoxy) is 3. The largest absolute Gasteiger partial charge is 0.490 e. The fourth-order valence-corrected chi connectivity index (χ4v) is 3.02. The lowest BCUT2D eigenvalue weighted by Crippen LogP contribution is -2.48. The van der Waals surface area contributed by atoms with Crippen molar-refractivity contribution in [3.05, 3.63) is 65.5 Å². The number of aliphatic carboxylic acids is 1. The number of nitrogens with zero attached hydrogens (tertiary/aromatic N) is 1. The molecule has 0 saturated carbocycles. The van der Waals surface area contributed by atoms with Crippen LogP contribution in [0.2, 0.25) is 0 Å². The first-order valence-corrected chi connectivity index (χ1v) is 10.0. The Morgan fingerprint density at radius 3 is 2.39 bits per heavy atom. The van der Waals surface area contributed by atoms with E-state index in [1.165, 1.54) is 19.1 Å². The maximum absolute atomic E-state index is 12.9. The van der Waals surface area contributed by atoms with E-state index in [0.29, 0.717) is 31.3 Å². The minimum absolute atomic E-state index is 0.0924. The molecule has 7 nitrogen and oxygen atoms in total. The lowest BCUT2D eigenvalue weighted by Gasteiger charge is -2.34. The molecule has 1 saturated heterocycles. The van der Waals surface area contributed by atoms with Gasteiger partial charge in [0, 0.05) is 12.8 Å². The van der Waals surface area contributed by atoms with E-state index in [4.69, 9.17) is 24.2 Å². The fourth-order valence-electron chi connectivity index (χ4n) is 3.02. The van der Waals surface area contributed by atoms with E-state index in [0.717, 1.165) is 17.5 Å². The molecule has 0 radical (unpaired) electrons. The molecule has 0 spiro atoms. The van der Waals surface area contributed by atoms with Crippen molar-refractivity contribution in [3.8, 4) is 5.75 Å². The van der Waals surface area contributed by atoms with Gasteiger partial charge in [0.1, 0.15) is 18.2 Å². The van der Waals surface area contributed by atoms with E-state index in [1.807, 2.05) is 24.3 Å². The molecular weight excluding hydrogens is 405 g/mol. The number of halogens is 1. The van der Waals surface area contributed by atoms with Crippen molar-refractivity contribution in [2.75, 3.05) is 26.4 Å². The van der Waals surface area contributed by atoms with Crippen LogP contribution in [0.15, 0.2) is 53.7 Å². The number of benzene rings is 2. The average molecular weight is 431 g/mol. The second-order valence-electron chi connectivity index (χ2n) is 7.45. The van der Waals surface area contributed by atoms with Crippen molar-refractivity contribution in [1.82, 2.24) is 0 Å². The summed E-state index contributed by atoms with van der Waals surface area (Å²) in [6.07, 6.45) is 0.719. The molecule has 0 bridgehead atoms. The van der Waals surface area contributed by atoms with Gasteiger partial charge in [0.15, 0.2) is 6.61 Å². The fraction of sp³-hybridized carbons (Fsp3) is 0.391. The van der Waals surface area contributed by atoms with Gasteiger partial charge in [-0.1, -0.05) is 29.4 Å². The van der Waals surface area contributed by atoms with Crippen molar-refractivity contribution in [3.63, 3.8) is 0 Å². The highest BCUT2D eigenvalue weighted by Gasteiger charge is 2.40. The average Bonchev–Trinajstić information content (AvgIpc) is 2.76. The van der Waals surface area contributed by atoms with Gasteiger partial charge >= 0.3 is 5.97 Å². The molecule has 1 heterocycles. The molecule has 2 aromatic rings. The van der Waals surface area contributed by atoms with E-state index >= 15 is 0 Å². The summed E-state index contributed by atoms with van der Waals surface area (Å²) in [6, 6.07) is 13.7. The summed E-state index contributed by atoms with van der Waals surface area (Å²) in [5.74, 6) is -2.17. The Morgan fingerprint density at radius 2 is 1.77 bits per heavy atom. The highest BCUT2D eigenvalue weighted by Crippen LogP contribution is 2.24. The number of rotatable bonds is 9. The van der Waals surface area contributed by atoms with Crippen molar-refractivity contribution >= 4 is 11.7 Å². The standard InChI is InChI=1S/C23H26FNO6/c1-16(19-5-7-20(24)8-6-19)25-31-12-11-28-21-9-3-17(4-10-21)13-18-14-29-23(2,22(26)27)30-15-18/h3-10,18H,11-15H2,1-2H3,(H,26,27)/b25-16+. The number of hydrogen-bond acceptors (Lipinski definition) is 6. The first kappa shape index (κ1) is 22.7. The highest BCUT2D eigenvalue weighted by atomic mass is 19.1. The third-order valence-electron chi connectivity index (χ3n) is 4.93. The van der Waals surface area contributed by atoms with Gasteiger partial charge in [-0.05, 0) is 48.7 Å². The molecule has 0 aromatic heterocycles. The van der Waals surface area contributed by atoms with Gasteiger partial charge < -0.3 is 24.2 Å². The number of carbonyl (C=O) groups is 1. The van der Waals surface area contributed by atoms with Crippen LogP contribution in [0.5, 0.6) is 5.75 Å². The zero-order valence-electron chi connectivity index (χ0n) is 17.5. The Hall–Kier alpha value is -2.97. The summed E-state index contributed by atoms with van der Waals surface area (Å²) in [5.41, 5.74) is 2.53. The summed E-state index contributed by atoms with van der Waals surface area (Å²) in [6.45, 7) is 4.47. The first-order chi connectivity index (χ1) is 14.9. The zero-order chi connectivity index (χ0) is 22.3. The van der Waals surface area contributed by atoms with Gasteiger partial charge in [-0.15, -0.1) is 0 Å². The second kappa shape index (κ2) is 10.4. The molecule has 1 aliphatic heterocycles. The van der Waals surface area contributed by atoms with Crippen LogP contribution < -0.4 is 4.74 Å². The molecule has 0 unspecified atom stereocenters. The van der Waals surface area contributed by atoms with Crippen molar-refractivity contribution < 1.29 is 33.3 Å². The molecule has 3 rings (SSSR count). The van der Waals surface area contributed by atoms with Crippen molar-refractivity contribution in [2.24, 2.45) is 11.1 Å². The van der Waals surface area contributed by atoms with Crippen LogP contribution in [0.25, 0.3) is 0 Å². The summed E-state index contributed by atoms with van der Waals surface area (Å²) in [4.78, 5) is 16.4. The molecule has 1 N–H and O–H groups in total. The van der Waals surface area contributed by atoms with E-state index in [-0.39, 0.29) is 18.3 Å². The van der Waals surface area contributed by atoms with Crippen LogP contribution in [0.4, 0.5) is 4.39 Å². The number of hydrogen-bond donors (Lipinski definition) is 1. The number of carboxylic acid groups (broad SMARTS) is 1. The van der Waals surface area contributed by atoms with Gasteiger partial charge in [0.25, 0.3) is 5.79 Å². The smallest absolute Gasteiger partial charge is 0.364 e. The van der Waals surface area contributed by atoms with Crippen LogP contribution >= 0.6 is 0 Å². The SMILES string of the molecule is C/C(=N\OCCOc1ccc(CC2COC(C)(C(=O)O)OC2)cc1)c1ccc(F)cc1. The zero-order valence-corrected chi connectivity index (χ0v) is 17.5. The summed E-state index contributed by atoms with van der Waals surface area (Å²) < 4.78 is 29.3. The Balaban J connectivity index is 1.37. The van der Waals surface area contributed by atoms with Crippen LogP contribution in [0.3, 0.4) is 0 Å². The monoisotopic (exact) mass is 431 g/mol. The third-order valence-corrected chi connectivity index (χ3v) is 4.93. The van der Waals surface area contributed by atoms with Crippen LogP contribution in [0.1, 0.15) is 25.0 Å². The Kier molecular flexibility index (Phi) is 7.59. The highest BCUT2D eigenvalue weighted by molar-refractivity contribution is 5.98. The molecule has 1 fully saturated rings. The van der Waals surface area contributed by atoms with Crippen LogP contribution in [-0.2, 0) is 25.5 Å². The van der Waals surface area contributed by atoms with Crippen molar-refractivity contribution in [1.29, 1.82) is 0 Å². The third kappa shape index (κ3) is 6.50. The second-order valence-corrected chi connectivity index (χ2v) is 7.45. The Morgan fingerprint density at radius 1 is 1.13 bits per heavy atom. The molecule has 8 heteroatoms. The van der Waals surface area contributed by atoms with Gasteiger partial charge in [-0.3, -0.25) is 0 Å². The Labute approximate surface area is 180 Å². The normalized spacial score (nSPS) is 21.5. The van der Waals surface area contributed by atoms with Gasteiger partial charge in [-0.25, -0.2) is 9.18 Å². The molecule has 0 atom stereocenters. The topological polar surface area (TPSA) is 86.6 Å². The van der Waals surface area contributed by atoms with E-state index < -0.39 is 11.8 Å². The molecule has 31 heavy (non-hydrogen) atoms. The number of oxime groups is 1. The maximum Gasteiger partial charge on any atom is 0.364 e. The molecule has 1 aliphatic rings. The summed E-state index contributed by atoms with van der Waals surface area (Å²) in [5, 5.41) is 13.1. The minimum Gasteiger partial charge on any atom is -0.490 e.